The van der Waals surface area contributed by atoms with Gasteiger partial charge >= 0.3 is 0 Å². The van der Waals surface area contributed by atoms with Crippen LogP contribution in [-0.4, -0.2) is 11.8 Å². The molecular formula is C18H19FN2O2S. The first-order chi connectivity index (χ1) is 11.5. The van der Waals surface area contributed by atoms with Gasteiger partial charge in [0.15, 0.2) is 0 Å². The summed E-state index contributed by atoms with van der Waals surface area (Å²) in [6.45, 7) is 4.09. The predicted octanol–water partition coefficient (Wildman–Crippen LogP) is 3.83. The van der Waals surface area contributed by atoms with Crippen LogP contribution in [0.3, 0.4) is 0 Å². The second kappa shape index (κ2) is 6.73. The van der Waals surface area contributed by atoms with Crippen LogP contribution in [0.5, 0.6) is 0 Å². The second-order valence-corrected chi connectivity index (χ2v) is 7.26. The van der Waals surface area contributed by atoms with Crippen molar-refractivity contribution in [2.45, 2.75) is 32.2 Å². The van der Waals surface area contributed by atoms with Crippen LogP contribution in [-0.2, 0) is 9.59 Å². The molecule has 1 aliphatic rings. The third kappa shape index (κ3) is 3.33. The molecule has 2 aromatic rings. The molecular weight excluding hydrogens is 327 g/mol. The van der Waals surface area contributed by atoms with E-state index in [1.807, 2.05) is 31.4 Å². The molecule has 1 aliphatic heterocycles. The lowest BCUT2D eigenvalue weighted by atomic mass is 9.89. The maximum Gasteiger partial charge on any atom is 0.228 e. The molecule has 0 bridgehead atoms. The number of halogens is 1. The largest absolute Gasteiger partial charge is 0.348 e. The van der Waals surface area contributed by atoms with Crippen molar-refractivity contribution in [3.05, 3.63) is 52.0 Å². The molecule has 0 spiro atoms. The van der Waals surface area contributed by atoms with E-state index in [2.05, 4.69) is 10.6 Å². The van der Waals surface area contributed by atoms with Crippen LogP contribution in [0.2, 0.25) is 0 Å². The molecule has 0 saturated carbocycles. The van der Waals surface area contributed by atoms with Crippen LogP contribution >= 0.6 is 11.3 Å². The number of anilines is 1. The maximum absolute atomic E-state index is 13.4. The van der Waals surface area contributed by atoms with E-state index in [-0.39, 0.29) is 30.2 Å². The van der Waals surface area contributed by atoms with Gasteiger partial charge in [0.1, 0.15) is 5.82 Å². The number of carbonyl (C=O) groups excluding carboxylic acids is 2. The highest BCUT2D eigenvalue weighted by Crippen LogP contribution is 2.34. The van der Waals surface area contributed by atoms with Gasteiger partial charge in [-0.25, -0.2) is 4.39 Å². The third-order valence-corrected chi connectivity index (χ3v) is 5.14. The SMILES string of the molecule is CC(C)[C@H](NC(=O)[C@@H]1CC(=O)Nc2cc(F)ccc21)c1cccs1. The number of carbonyl (C=O) groups is 2. The average Bonchev–Trinajstić information content (AvgIpc) is 3.04. The van der Waals surface area contributed by atoms with Gasteiger partial charge < -0.3 is 10.6 Å². The van der Waals surface area contributed by atoms with Gasteiger partial charge in [0.25, 0.3) is 0 Å². The molecule has 2 heterocycles. The van der Waals surface area contributed by atoms with Gasteiger partial charge in [-0.2, -0.15) is 0 Å². The first-order valence-electron chi connectivity index (χ1n) is 7.88. The minimum absolute atomic E-state index is 0.0692. The number of benzene rings is 1. The number of rotatable bonds is 4. The van der Waals surface area contributed by atoms with Crippen molar-refractivity contribution in [3.8, 4) is 0 Å². The Kier molecular flexibility index (Phi) is 4.66. The molecule has 1 aromatic heterocycles. The molecule has 0 radical (unpaired) electrons. The summed E-state index contributed by atoms with van der Waals surface area (Å²) in [6.07, 6.45) is 0.0692. The fraction of sp³-hybridized carbons (Fsp3) is 0.333. The Morgan fingerprint density at radius 2 is 2.17 bits per heavy atom. The third-order valence-electron chi connectivity index (χ3n) is 4.18. The van der Waals surface area contributed by atoms with Crippen molar-refractivity contribution >= 4 is 28.8 Å². The van der Waals surface area contributed by atoms with Crippen LogP contribution in [0.1, 0.15) is 42.7 Å². The molecule has 2 amide bonds. The van der Waals surface area contributed by atoms with Gasteiger partial charge in [-0.3, -0.25) is 9.59 Å². The summed E-state index contributed by atoms with van der Waals surface area (Å²) in [5.74, 6) is -1.29. The van der Waals surface area contributed by atoms with E-state index >= 15 is 0 Å². The molecule has 6 heteroatoms. The Morgan fingerprint density at radius 3 is 2.83 bits per heavy atom. The van der Waals surface area contributed by atoms with Crippen molar-refractivity contribution in [1.29, 1.82) is 0 Å². The second-order valence-electron chi connectivity index (χ2n) is 6.28. The summed E-state index contributed by atoms with van der Waals surface area (Å²) in [5.41, 5.74) is 1.03. The van der Waals surface area contributed by atoms with E-state index in [1.165, 1.54) is 12.1 Å². The number of thiophene rings is 1. The first-order valence-corrected chi connectivity index (χ1v) is 8.76. The van der Waals surface area contributed by atoms with Crippen molar-refractivity contribution in [3.63, 3.8) is 0 Å². The lowest BCUT2D eigenvalue weighted by molar-refractivity contribution is -0.127. The van der Waals surface area contributed by atoms with Gasteiger partial charge in [0.2, 0.25) is 11.8 Å². The molecule has 0 saturated heterocycles. The van der Waals surface area contributed by atoms with Crippen molar-refractivity contribution in [1.82, 2.24) is 5.32 Å². The molecule has 4 nitrogen and oxygen atoms in total. The zero-order valence-corrected chi connectivity index (χ0v) is 14.3. The van der Waals surface area contributed by atoms with Crippen molar-refractivity contribution < 1.29 is 14.0 Å². The quantitative estimate of drug-likeness (QED) is 0.884. The standard InChI is InChI=1S/C18H19FN2O2S/c1-10(2)17(15-4-3-7-24-15)21-18(23)13-9-16(22)20-14-8-11(19)5-6-12(13)14/h3-8,10,13,17H,9H2,1-2H3,(H,20,22)(H,21,23)/t13-,17+/m1/s1. The van der Waals surface area contributed by atoms with E-state index in [0.29, 0.717) is 11.3 Å². The number of hydrogen-bond donors (Lipinski definition) is 2. The van der Waals surface area contributed by atoms with Crippen molar-refractivity contribution in [2.24, 2.45) is 5.92 Å². The minimum Gasteiger partial charge on any atom is -0.348 e. The molecule has 24 heavy (non-hydrogen) atoms. The van der Waals surface area contributed by atoms with E-state index < -0.39 is 11.7 Å². The van der Waals surface area contributed by atoms with Gasteiger partial charge in [-0.15, -0.1) is 11.3 Å². The zero-order valence-electron chi connectivity index (χ0n) is 13.5. The molecule has 0 aliphatic carbocycles. The Bertz CT molecular complexity index is 758. The minimum atomic E-state index is -0.601. The summed E-state index contributed by atoms with van der Waals surface area (Å²) < 4.78 is 13.4. The number of amides is 2. The number of hydrogen-bond acceptors (Lipinski definition) is 3. The molecule has 0 unspecified atom stereocenters. The van der Waals surface area contributed by atoms with Gasteiger partial charge in [0, 0.05) is 17.0 Å². The van der Waals surface area contributed by atoms with Gasteiger partial charge in [-0.05, 0) is 35.1 Å². The average molecular weight is 346 g/mol. The smallest absolute Gasteiger partial charge is 0.228 e. The van der Waals surface area contributed by atoms with E-state index in [4.69, 9.17) is 0 Å². The normalized spacial score (nSPS) is 18.0. The van der Waals surface area contributed by atoms with Crippen LogP contribution in [0, 0.1) is 11.7 Å². The lowest BCUT2D eigenvalue weighted by Gasteiger charge is -2.28. The van der Waals surface area contributed by atoms with Crippen molar-refractivity contribution in [2.75, 3.05) is 5.32 Å². The highest BCUT2D eigenvalue weighted by Gasteiger charge is 2.32. The lowest BCUT2D eigenvalue weighted by Crippen LogP contribution is -2.38. The van der Waals surface area contributed by atoms with E-state index in [9.17, 15) is 14.0 Å². The van der Waals surface area contributed by atoms with Crippen LogP contribution in [0.4, 0.5) is 10.1 Å². The molecule has 0 fully saturated rings. The molecule has 3 rings (SSSR count). The fourth-order valence-corrected chi connectivity index (χ4v) is 3.91. The Labute approximate surface area is 144 Å². The number of fused-ring (bicyclic) bond motifs is 1. The topological polar surface area (TPSA) is 58.2 Å². The van der Waals surface area contributed by atoms with E-state index in [1.54, 1.807) is 17.4 Å². The summed E-state index contributed by atoms with van der Waals surface area (Å²) in [6, 6.07) is 7.98. The summed E-state index contributed by atoms with van der Waals surface area (Å²) in [5, 5.41) is 7.67. The van der Waals surface area contributed by atoms with Gasteiger partial charge in [0.05, 0.1) is 12.0 Å². The summed E-state index contributed by atoms with van der Waals surface area (Å²) >= 11 is 1.59. The Hall–Kier alpha value is -2.21. The highest BCUT2D eigenvalue weighted by atomic mass is 32.1. The molecule has 2 N–H and O–H groups in total. The van der Waals surface area contributed by atoms with Crippen LogP contribution < -0.4 is 10.6 Å². The van der Waals surface area contributed by atoms with Gasteiger partial charge in [-0.1, -0.05) is 26.0 Å². The zero-order chi connectivity index (χ0) is 17.3. The number of nitrogens with one attached hydrogen (secondary N) is 2. The van der Waals surface area contributed by atoms with Crippen LogP contribution in [0.15, 0.2) is 35.7 Å². The van der Waals surface area contributed by atoms with E-state index in [0.717, 1.165) is 4.88 Å². The highest BCUT2D eigenvalue weighted by molar-refractivity contribution is 7.10. The first kappa shape index (κ1) is 16.6. The summed E-state index contributed by atoms with van der Waals surface area (Å²) in [7, 11) is 0. The fourth-order valence-electron chi connectivity index (χ4n) is 2.96. The monoisotopic (exact) mass is 346 g/mol. The predicted molar refractivity (Wildman–Crippen MR) is 92.4 cm³/mol. The maximum atomic E-state index is 13.4. The summed E-state index contributed by atoms with van der Waals surface area (Å²) in [4.78, 5) is 25.8. The van der Waals surface area contributed by atoms with Crippen LogP contribution in [0.25, 0.3) is 0 Å². The molecule has 2 atom stereocenters. The Morgan fingerprint density at radius 1 is 1.38 bits per heavy atom. The molecule has 126 valence electrons. The molecule has 1 aromatic carbocycles. The Balaban J connectivity index is 1.86.